The first-order chi connectivity index (χ1) is 9.99. The molecule has 9 heteroatoms. The van der Waals surface area contributed by atoms with Crippen LogP contribution in [-0.4, -0.2) is 38.0 Å². The third kappa shape index (κ3) is 4.18. The summed E-state index contributed by atoms with van der Waals surface area (Å²) in [6.07, 6.45) is 0. The van der Waals surface area contributed by atoms with Crippen molar-refractivity contribution in [3.05, 3.63) is 18.2 Å². The highest BCUT2D eigenvalue weighted by molar-refractivity contribution is 7.89. The molecule has 0 saturated carbocycles. The fourth-order valence-electron chi connectivity index (χ4n) is 1.60. The summed E-state index contributed by atoms with van der Waals surface area (Å²) in [6.45, 7) is 3.72. The number of amides is 1. The Kier molecular flexibility index (Phi) is 5.15. The Hall–Kier alpha value is -2.13. The van der Waals surface area contributed by atoms with Gasteiger partial charge >= 0.3 is 5.97 Å². The number of carboxylic acids is 1. The first-order valence-corrected chi connectivity index (χ1v) is 7.71. The van der Waals surface area contributed by atoms with Crippen LogP contribution in [0.25, 0.3) is 0 Å². The smallest absolute Gasteiger partial charge is 0.324 e. The van der Waals surface area contributed by atoms with Gasteiger partial charge in [0.15, 0.2) is 0 Å². The summed E-state index contributed by atoms with van der Waals surface area (Å²) in [5, 5.41) is 11.5. The molecule has 1 aromatic rings. The topological polar surface area (TPSA) is 122 Å². The second-order valence-electron chi connectivity index (χ2n) is 5.08. The van der Waals surface area contributed by atoms with E-state index in [2.05, 4.69) is 10.0 Å². The standard InChI is InChI=1S/C13H18N2O6S/c1-8(16)14-9-5-6-10(21-4)11(7-9)22(19,20)15-13(2,3)12(17)18/h5-7,15H,1-4H3,(H,14,16)(H,17,18). The van der Waals surface area contributed by atoms with Crippen LogP contribution in [0.1, 0.15) is 20.8 Å². The van der Waals surface area contributed by atoms with E-state index < -0.39 is 21.5 Å². The molecule has 22 heavy (non-hydrogen) atoms. The number of benzene rings is 1. The number of carbonyl (C=O) groups is 2. The Morgan fingerprint density at radius 3 is 2.32 bits per heavy atom. The highest BCUT2D eigenvalue weighted by Gasteiger charge is 2.34. The lowest BCUT2D eigenvalue weighted by Gasteiger charge is -2.22. The van der Waals surface area contributed by atoms with Crippen molar-refractivity contribution in [2.24, 2.45) is 0 Å². The van der Waals surface area contributed by atoms with E-state index >= 15 is 0 Å². The van der Waals surface area contributed by atoms with E-state index in [1.165, 1.54) is 46.1 Å². The Morgan fingerprint density at radius 1 is 1.27 bits per heavy atom. The van der Waals surface area contributed by atoms with Crippen molar-refractivity contribution < 1.29 is 27.9 Å². The normalized spacial score (nSPS) is 11.8. The molecular weight excluding hydrogens is 312 g/mol. The number of aliphatic carboxylic acids is 1. The Balaban J connectivity index is 3.33. The van der Waals surface area contributed by atoms with E-state index in [4.69, 9.17) is 9.84 Å². The van der Waals surface area contributed by atoms with Crippen LogP contribution in [0.15, 0.2) is 23.1 Å². The zero-order chi connectivity index (χ0) is 17.1. The SMILES string of the molecule is COc1ccc(NC(C)=O)cc1S(=O)(=O)NC(C)(C)C(=O)O. The van der Waals surface area contributed by atoms with Crippen molar-refractivity contribution in [1.29, 1.82) is 0 Å². The van der Waals surface area contributed by atoms with Gasteiger partial charge in [0.25, 0.3) is 0 Å². The highest BCUT2D eigenvalue weighted by atomic mass is 32.2. The Morgan fingerprint density at radius 2 is 1.86 bits per heavy atom. The van der Waals surface area contributed by atoms with Crippen molar-refractivity contribution in [2.75, 3.05) is 12.4 Å². The number of sulfonamides is 1. The maximum Gasteiger partial charge on any atom is 0.324 e. The molecule has 0 aromatic heterocycles. The first-order valence-electron chi connectivity index (χ1n) is 6.22. The van der Waals surface area contributed by atoms with Crippen LogP contribution in [0, 0.1) is 0 Å². The lowest BCUT2D eigenvalue weighted by atomic mass is 10.1. The van der Waals surface area contributed by atoms with E-state index in [1.807, 2.05) is 0 Å². The maximum atomic E-state index is 12.4. The highest BCUT2D eigenvalue weighted by Crippen LogP contribution is 2.28. The van der Waals surface area contributed by atoms with E-state index in [0.717, 1.165) is 0 Å². The number of hydrogen-bond donors (Lipinski definition) is 3. The fraction of sp³-hybridized carbons (Fsp3) is 0.385. The molecule has 1 aromatic carbocycles. The van der Waals surface area contributed by atoms with E-state index in [-0.39, 0.29) is 22.2 Å². The van der Waals surface area contributed by atoms with Gasteiger partial charge in [-0.1, -0.05) is 0 Å². The number of rotatable bonds is 6. The number of carboxylic acid groups (broad SMARTS) is 1. The molecule has 0 bridgehead atoms. The number of anilines is 1. The number of nitrogens with one attached hydrogen (secondary N) is 2. The monoisotopic (exact) mass is 330 g/mol. The van der Waals surface area contributed by atoms with Crippen molar-refractivity contribution >= 4 is 27.6 Å². The van der Waals surface area contributed by atoms with Crippen LogP contribution in [0.2, 0.25) is 0 Å². The fourth-order valence-corrected chi connectivity index (χ4v) is 3.17. The van der Waals surface area contributed by atoms with E-state index in [1.54, 1.807) is 0 Å². The summed E-state index contributed by atoms with van der Waals surface area (Å²) in [7, 11) is -2.88. The maximum absolute atomic E-state index is 12.4. The third-order valence-electron chi connectivity index (χ3n) is 2.70. The molecule has 0 aliphatic heterocycles. The van der Waals surface area contributed by atoms with Crippen molar-refractivity contribution in [1.82, 2.24) is 4.72 Å². The average Bonchev–Trinajstić information content (AvgIpc) is 2.36. The van der Waals surface area contributed by atoms with Crippen LogP contribution in [0.3, 0.4) is 0 Å². The molecule has 3 N–H and O–H groups in total. The summed E-state index contributed by atoms with van der Waals surface area (Å²) in [6, 6.07) is 4.04. The summed E-state index contributed by atoms with van der Waals surface area (Å²) in [5.41, 5.74) is -1.45. The minimum absolute atomic E-state index is 0.0304. The van der Waals surface area contributed by atoms with Gasteiger partial charge in [-0.2, -0.15) is 4.72 Å². The third-order valence-corrected chi connectivity index (χ3v) is 4.37. The average molecular weight is 330 g/mol. The molecule has 0 radical (unpaired) electrons. The van der Waals surface area contributed by atoms with Gasteiger partial charge in [-0.05, 0) is 32.0 Å². The molecule has 0 heterocycles. The first kappa shape index (κ1) is 17.9. The van der Waals surface area contributed by atoms with E-state index in [0.29, 0.717) is 0 Å². The molecule has 0 saturated heterocycles. The molecule has 1 amide bonds. The molecule has 0 unspecified atom stereocenters. The Bertz CT molecular complexity index is 696. The minimum atomic E-state index is -4.17. The second-order valence-corrected chi connectivity index (χ2v) is 6.73. The molecule has 8 nitrogen and oxygen atoms in total. The predicted octanol–water partition coefficient (Wildman–Crippen LogP) is 0.795. The molecular formula is C13H18N2O6S. The second kappa shape index (κ2) is 6.32. The van der Waals surface area contributed by atoms with Crippen LogP contribution >= 0.6 is 0 Å². The van der Waals surface area contributed by atoms with Gasteiger partial charge in [-0.3, -0.25) is 9.59 Å². The number of ether oxygens (including phenoxy) is 1. The molecule has 0 fully saturated rings. The predicted molar refractivity (Wildman–Crippen MR) is 79.3 cm³/mol. The molecule has 0 atom stereocenters. The number of hydrogen-bond acceptors (Lipinski definition) is 5. The van der Waals surface area contributed by atoms with Crippen LogP contribution in [0.5, 0.6) is 5.75 Å². The van der Waals surface area contributed by atoms with Gasteiger partial charge in [0.2, 0.25) is 15.9 Å². The van der Waals surface area contributed by atoms with Gasteiger partial charge in [-0.15, -0.1) is 0 Å². The summed E-state index contributed by atoms with van der Waals surface area (Å²) >= 11 is 0. The zero-order valence-corrected chi connectivity index (χ0v) is 13.4. The largest absolute Gasteiger partial charge is 0.495 e. The number of carbonyl (C=O) groups excluding carboxylic acids is 1. The lowest BCUT2D eigenvalue weighted by molar-refractivity contribution is -0.142. The minimum Gasteiger partial charge on any atom is -0.495 e. The Labute approximate surface area is 128 Å². The van der Waals surface area contributed by atoms with Crippen molar-refractivity contribution in [3.63, 3.8) is 0 Å². The van der Waals surface area contributed by atoms with Crippen molar-refractivity contribution in [3.8, 4) is 5.75 Å². The molecule has 0 spiro atoms. The number of methoxy groups -OCH3 is 1. The quantitative estimate of drug-likeness (QED) is 0.709. The van der Waals surface area contributed by atoms with E-state index in [9.17, 15) is 18.0 Å². The van der Waals surface area contributed by atoms with Crippen molar-refractivity contribution in [2.45, 2.75) is 31.2 Å². The van der Waals surface area contributed by atoms with Gasteiger partial charge in [0.1, 0.15) is 16.2 Å². The lowest BCUT2D eigenvalue weighted by Crippen LogP contribution is -2.49. The van der Waals surface area contributed by atoms with Gasteiger partial charge < -0.3 is 15.2 Å². The molecule has 0 aliphatic carbocycles. The molecule has 0 aliphatic rings. The van der Waals surface area contributed by atoms with Gasteiger partial charge in [0.05, 0.1) is 7.11 Å². The van der Waals surface area contributed by atoms with Gasteiger partial charge in [0, 0.05) is 12.6 Å². The molecule has 1 rings (SSSR count). The van der Waals surface area contributed by atoms with Gasteiger partial charge in [-0.25, -0.2) is 8.42 Å². The summed E-state index contributed by atoms with van der Waals surface area (Å²) < 4.78 is 31.9. The summed E-state index contributed by atoms with van der Waals surface area (Å²) in [5.74, 6) is -1.66. The summed E-state index contributed by atoms with van der Waals surface area (Å²) in [4.78, 5) is 21.9. The zero-order valence-electron chi connectivity index (χ0n) is 12.6. The van der Waals surface area contributed by atoms with Crippen LogP contribution in [0.4, 0.5) is 5.69 Å². The van der Waals surface area contributed by atoms with Crippen LogP contribution in [-0.2, 0) is 19.6 Å². The van der Waals surface area contributed by atoms with Crippen LogP contribution < -0.4 is 14.8 Å². The molecule has 122 valence electrons.